The topological polar surface area (TPSA) is 23.5 Å². The van der Waals surface area contributed by atoms with E-state index < -0.39 is 0 Å². The molecule has 2 rings (SSSR count). The van der Waals surface area contributed by atoms with Crippen LogP contribution in [0.4, 0.5) is 0 Å². The fourth-order valence-corrected chi connectivity index (χ4v) is 2.23. The van der Waals surface area contributed by atoms with Crippen molar-refractivity contribution >= 4 is 0 Å². The Labute approximate surface area is 61.8 Å². The number of hydrogen-bond donors (Lipinski definition) is 1. The lowest BCUT2D eigenvalue weighted by Gasteiger charge is -2.28. The largest absolute Gasteiger partial charge is 0.392 e. The average molecular weight is 141 g/mol. The summed E-state index contributed by atoms with van der Waals surface area (Å²) in [5.74, 6) is 0. The Kier molecular flexibility index (Phi) is 1.66. The zero-order chi connectivity index (χ0) is 6.97. The van der Waals surface area contributed by atoms with Crippen LogP contribution >= 0.6 is 0 Å². The highest BCUT2D eigenvalue weighted by molar-refractivity contribution is 4.87. The van der Waals surface area contributed by atoms with Crippen molar-refractivity contribution in [3.8, 4) is 0 Å². The maximum atomic E-state index is 9.32. The summed E-state index contributed by atoms with van der Waals surface area (Å²) in [4.78, 5) is 2.44. The first-order valence-corrected chi connectivity index (χ1v) is 4.28. The molecule has 0 amide bonds. The number of fused-ring (bicyclic) bond motifs is 1. The predicted molar refractivity (Wildman–Crippen MR) is 39.8 cm³/mol. The van der Waals surface area contributed by atoms with Gasteiger partial charge in [-0.25, -0.2) is 0 Å². The molecule has 2 aliphatic rings. The first-order chi connectivity index (χ1) is 4.86. The molecule has 2 aliphatic heterocycles. The van der Waals surface area contributed by atoms with Crippen LogP contribution in [0.25, 0.3) is 0 Å². The molecule has 0 saturated carbocycles. The molecule has 2 fully saturated rings. The van der Waals surface area contributed by atoms with Crippen molar-refractivity contribution in [2.45, 2.75) is 37.8 Å². The minimum absolute atomic E-state index is 0.0249. The first-order valence-electron chi connectivity index (χ1n) is 4.28. The highest BCUT2D eigenvalue weighted by Crippen LogP contribution is 2.26. The van der Waals surface area contributed by atoms with E-state index in [1.165, 1.54) is 25.8 Å². The molecular formula is C8H15NO. The molecule has 0 bridgehead atoms. The van der Waals surface area contributed by atoms with Gasteiger partial charge in [-0.15, -0.1) is 0 Å². The van der Waals surface area contributed by atoms with E-state index in [1.54, 1.807) is 0 Å². The molecule has 10 heavy (non-hydrogen) atoms. The van der Waals surface area contributed by atoms with Crippen LogP contribution in [0.15, 0.2) is 0 Å². The molecule has 1 N–H and O–H groups in total. The molecule has 2 saturated heterocycles. The Bertz CT molecular complexity index is 112. The second-order valence-electron chi connectivity index (χ2n) is 3.53. The average Bonchev–Trinajstić information content (AvgIpc) is 2.27. The van der Waals surface area contributed by atoms with Crippen LogP contribution in [-0.2, 0) is 0 Å². The number of nitrogens with zero attached hydrogens (tertiary/aromatic N) is 1. The van der Waals surface area contributed by atoms with Gasteiger partial charge in [0.15, 0.2) is 0 Å². The Hall–Kier alpha value is -0.0800. The summed E-state index contributed by atoms with van der Waals surface area (Å²) in [5.41, 5.74) is 0. The van der Waals surface area contributed by atoms with Gasteiger partial charge >= 0.3 is 0 Å². The first kappa shape index (κ1) is 6.62. The molecule has 2 atom stereocenters. The van der Waals surface area contributed by atoms with E-state index in [0.717, 1.165) is 19.0 Å². The van der Waals surface area contributed by atoms with Crippen molar-refractivity contribution in [1.29, 1.82) is 0 Å². The summed E-state index contributed by atoms with van der Waals surface area (Å²) in [5, 5.41) is 9.32. The molecule has 2 unspecified atom stereocenters. The maximum Gasteiger partial charge on any atom is 0.0682 e. The molecule has 2 heterocycles. The van der Waals surface area contributed by atoms with E-state index >= 15 is 0 Å². The summed E-state index contributed by atoms with van der Waals surface area (Å²) in [6.07, 6.45) is 5.02. The lowest BCUT2D eigenvalue weighted by Crippen LogP contribution is -2.34. The third kappa shape index (κ3) is 1.06. The van der Waals surface area contributed by atoms with Crippen molar-refractivity contribution in [3.63, 3.8) is 0 Å². The fraction of sp³-hybridized carbons (Fsp3) is 1.00. The minimum atomic E-state index is -0.0249. The van der Waals surface area contributed by atoms with Gasteiger partial charge < -0.3 is 5.11 Å². The minimum Gasteiger partial charge on any atom is -0.392 e. The van der Waals surface area contributed by atoms with Crippen LogP contribution in [0.5, 0.6) is 0 Å². The van der Waals surface area contributed by atoms with Crippen LogP contribution in [0.2, 0.25) is 0 Å². The van der Waals surface area contributed by atoms with E-state index in [-0.39, 0.29) is 6.10 Å². The van der Waals surface area contributed by atoms with Gasteiger partial charge in [0.2, 0.25) is 0 Å². The van der Waals surface area contributed by atoms with Crippen molar-refractivity contribution < 1.29 is 5.11 Å². The highest BCUT2D eigenvalue weighted by Gasteiger charge is 2.31. The number of aliphatic hydroxyl groups is 1. The Morgan fingerprint density at radius 3 is 3.00 bits per heavy atom. The molecular weight excluding hydrogens is 126 g/mol. The van der Waals surface area contributed by atoms with E-state index in [9.17, 15) is 5.11 Å². The molecule has 0 radical (unpaired) electrons. The predicted octanol–water partition coefficient (Wildman–Crippen LogP) is 0.605. The standard InChI is InChI=1S/C8H15NO/c10-8-5-7-3-1-2-4-9(7)6-8/h7-8,10H,1-6H2. The molecule has 2 nitrogen and oxygen atoms in total. The fourth-order valence-electron chi connectivity index (χ4n) is 2.23. The molecule has 0 aromatic carbocycles. The normalized spacial score (nSPS) is 41.7. The molecule has 0 spiro atoms. The number of piperidine rings is 1. The Morgan fingerprint density at radius 2 is 2.20 bits per heavy atom. The Balaban J connectivity index is 1.97. The van der Waals surface area contributed by atoms with Gasteiger partial charge in [0.05, 0.1) is 6.10 Å². The molecule has 2 heteroatoms. The van der Waals surface area contributed by atoms with E-state index in [1.807, 2.05) is 0 Å². The zero-order valence-corrected chi connectivity index (χ0v) is 6.29. The third-order valence-corrected chi connectivity index (χ3v) is 2.74. The van der Waals surface area contributed by atoms with E-state index in [4.69, 9.17) is 0 Å². The number of hydrogen-bond acceptors (Lipinski definition) is 2. The number of aliphatic hydroxyl groups excluding tert-OH is 1. The zero-order valence-electron chi connectivity index (χ0n) is 6.29. The van der Waals surface area contributed by atoms with Gasteiger partial charge in [0, 0.05) is 12.6 Å². The van der Waals surface area contributed by atoms with Gasteiger partial charge in [-0.05, 0) is 25.8 Å². The SMILES string of the molecule is OC1CC2CCCCN2C1. The second-order valence-corrected chi connectivity index (χ2v) is 3.53. The van der Waals surface area contributed by atoms with Crippen molar-refractivity contribution in [2.24, 2.45) is 0 Å². The summed E-state index contributed by atoms with van der Waals surface area (Å²) in [7, 11) is 0. The van der Waals surface area contributed by atoms with E-state index in [2.05, 4.69) is 4.90 Å². The molecule has 58 valence electrons. The van der Waals surface area contributed by atoms with Crippen molar-refractivity contribution in [2.75, 3.05) is 13.1 Å². The van der Waals surface area contributed by atoms with Gasteiger partial charge in [-0.2, -0.15) is 0 Å². The highest BCUT2D eigenvalue weighted by atomic mass is 16.3. The van der Waals surface area contributed by atoms with E-state index in [0.29, 0.717) is 0 Å². The van der Waals surface area contributed by atoms with Gasteiger partial charge in [-0.1, -0.05) is 6.42 Å². The van der Waals surface area contributed by atoms with Crippen LogP contribution in [-0.4, -0.2) is 35.2 Å². The monoisotopic (exact) mass is 141 g/mol. The maximum absolute atomic E-state index is 9.32. The molecule has 0 aromatic rings. The lowest BCUT2D eigenvalue weighted by atomic mass is 10.0. The van der Waals surface area contributed by atoms with Gasteiger partial charge in [0.1, 0.15) is 0 Å². The second kappa shape index (κ2) is 2.51. The molecule has 0 aliphatic carbocycles. The van der Waals surface area contributed by atoms with Gasteiger partial charge in [-0.3, -0.25) is 4.90 Å². The molecule has 0 aromatic heterocycles. The Morgan fingerprint density at radius 1 is 1.30 bits per heavy atom. The van der Waals surface area contributed by atoms with Crippen LogP contribution < -0.4 is 0 Å². The summed E-state index contributed by atoms with van der Waals surface area (Å²) >= 11 is 0. The lowest BCUT2D eigenvalue weighted by molar-refractivity contribution is 0.166. The summed E-state index contributed by atoms with van der Waals surface area (Å²) in [6.45, 7) is 2.16. The third-order valence-electron chi connectivity index (χ3n) is 2.74. The smallest absolute Gasteiger partial charge is 0.0682 e. The number of rotatable bonds is 0. The van der Waals surface area contributed by atoms with Crippen molar-refractivity contribution in [3.05, 3.63) is 0 Å². The van der Waals surface area contributed by atoms with Crippen molar-refractivity contribution in [1.82, 2.24) is 4.90 Å². The summed E-state index contributed by atoms with van der Waals surface area (Å²) < 4.78 is 0. The quantitative estimate of drug-likeness (QED) is 0.534. The van der Waals surface area contributed by atoms with Gasteiger partial charge in [0.25, 0.3) is 0 Å². The van der Waals surface area contributed by atoms with Crippen LogP contribution in [0, 0.1) is 0 Å². The van der Waals surface area contributed by atoms with Crippen LogP contribution in [0.1, 0.15) is 25.7 Å². The summed E-state index contributed by atoms with van der Waals surface area (Å²) in [6, 6.07) is 0.726. The van der Waals surface area contributed by atoms with Crippen LogP contribution in [0.3, 0.4) is 0 Å².